The lowest BCUT2D eigenvalue weighted by molar-refractivity contribution is 0.0363. The SMILES string of the molecule is Cc1cc(C)c2c(c1)c1c(n2CC(C)(O)c2cccnc2)CCN2CCCC12CF.Cc1cc2c3c(n(CC(C)(O)c4cccnc4)c2cc1Cl)CCN1CCCC31.Cc1ccc2c(c1)c1c(n2CC(C)(O)c2cccnc2)CCN2CCCC12CF.Cc1ccc2c(c1)c1c(n2CC(C)(O)c2ccncc2)CCN2CCCC12. The molecule has 16 nitrogen and oxygen atoms in total. The number of pyridine rings is 4. The summed E-state index contributed by atoms with van der Waals surface area (Å²) in [6.45, 7) is 27.6. The molecule has 8 unspecified atom stereocenters. The number of nitrogens with zero attached hydrogens (tertiary/aromatic N) is 12. The van der Waals surface area contributed by atoms with Crippen LogP contribution in [-0.2, 0) is 85.3 Å². The van der Waals surface area contributed by atoms with Crippen LogP contribution in [0.4, 0.5) is 8.78 Å². The Kier molecular flexibility index (Phi) is 20.9. The van der Waals surface area contributed by atoms with Gasteiger partial charge < -0.3 is 38.7 Å². The van der Waals surface area contributed by atoms with Crippen molar-refractivity contribution in [2.75, 3.05) is 65.7 Å². The average Bonchev–Trinajstić information content (AvgIpc) is 1.53. The fourth-order valence-electron chi connectivity index (χ4n) is 21.8. The summed E-state index contributed by atoms with van der Waals surface area (Å²) >= 11 is 6.53. The predicted molar refractivity (Wildman–Crippen MR) is 451 cm³/mol. The topological polar surface area (TPSA) is 165 Å². The summed E-state index contributed by atoms with van der Waals surface area (Å²) in [6.07, 6.45) is 26.6. The quantitative estimate of drug-likeness (QED) is 0.0816. The Balaban J connectivity index is 0.000000110. The number of aliphatic hydroxyl groups is 4. The molecule has 0 aliphatic carbocycles. The molecule has 8 aromatic heterocycles. The maximum atomic E-state index is 14.7. The molecule has 8 aliphatic rings. The molecule has 16 heterocycles. The highest BCUT2D eigenvalue weighted by atomic mass is 35.5. The molecular formula is C95H111ClF2N12O4. The minimum atomic E-state index is -1.07. The molecule has 596 valence electrons. The molecule has 20 rings (SSSR count). The minimum absolute atomic E-state index is 0.355. The number of benzene rings is 4. The second-order valence-electron chi connectivity index (χ2n) is 35.3. The molecule has 19 heteroatoms. The van der Waals surface area contributed by atoms with Gasteiger partial charge in [0, 0.05) is 202 Å². The monoisotopic (exact) mass is 1560 g/mol. The number of aromatic nitrogens is 8. The van der Waals surface area contributed by atoms with E-state index in [-0.39, 0.29) is 13.3 Å². The maximum Gasteiger partial charge on any atom is 0.112 e. The van der Waals surface area contributed by atoms with Gasteiger partial charge in [0.25, 0.3) is 0 Å². The van der Waals surface area contributed by atoms with Crippen LogP contribution in [-0.4, -0.2) is 144 Å². The third-order valence-corrected chi connectivity index (χ3v) is 27.7. The molecule has 8 aliphatic heterocycles. The van der Waals surface area contributed by atoms with Crippen molar-refractivity contribution in [1.29, 1.82) is 0 Å². The van der Waals surface area contributed by atoms with E-state index in [4.69, 9.17) is 11.6 Å². The third-order valence-electron chi connectivity index (χ3n) is 27.3. The van der Waals surface area contributed by atoms with E-state index in [2.05, 4.69) is 153 Å². The lowest BCUT2D eigenvalue weighted by Crippen LogP contribution is -2.48. The molecule has 114 heavy (non-hydrogen) atoms. The minimum Gasteiger partial charge on any atom is -0.384 e. The van der Waals surface area contributed by atoms with Gasteiger partial charge in [-0.1, -0.05) is 64.7 Å². The van der Waals surface area contributed by atoms with E-state index < -0.39 is 33.5 Å². The van der Waals surface area contributed by atoms with Gasteiger partial charge in [-0.3, -0.25) is 39.5 Å². The number of aryl methyl sites for hydroxylation is 5. The molecule has 4 saturated heterocycles. The summed E-state index contributed by atoms with van der Waals surface area (Å²) in [5.41, 5.74) is 19.3. The number of hydrogen-bond acceptors (Lipinski definition) is 12. The summed E-state index contributed by atoms with van der Waals surface area (Å²) in [5.74, 6) is 0. The van der Waals surface area contributed by atoms with Crippen LogP contribution >= 0.6 is 11.6 Å². The standard InChI is InChI=1S/C25H30FN3O.C24H28FN3O.C23H26ClN3O.C23H27N3O/c1-17-12-18(2)23-20(13-17)22-21(7-11-28-10-5-8-25(22,28)15-26)29(23)16-24(3,30)19-6-4-9-27-14-19;1-17-6-7-20-19(13-17)22-21(8-12-27-11-4-9-24(22,27)15-25)28(20)16-23(2,29)18-5-3-10-26-14-18;1-15-11-17-21(12-18(15)24)27(14-23(2,28)16-5-3-8-25-13-16)20-7-10-26-9-4-6-19(26)22(17)20;1-16-5-6-19-18(14-16)22-20-4-3-12-25(20)13-9-21(22)26(19)15-23(2,27)17-7-10-24-11-8-17/h4,6,9,12-14,30H,5,7-8,10-11,15-16H2,1-3H3;3,5-7,10,13-14,29H,4,8-9,11-12,15-16H2,1-2H3;3,5,8,11-13,19,28H,4,6-7,9-10,14H2,1-2H3;5-8,10-11,14,20,27H,3-4,9,12-13,15H2,1-2H3. The largest absolute Gasteiger partial charge is 0.384 e. The smallest absolute Gasteiger partial charge is 0.112 e. The predicted octanol–water partition coefficient (Wildman–Crippen LogP) is 17.0. The molecule has 4 fully saturated rings. The Labute approximate surface area is 674 Å². The number of halogens is 3. The maximum absolute atomic E-state index is 14.7. The van der Waals surface area contributed by atoms with E-state index >= 15 is 0 Å². The zero-order chi connectivity index (χ0) is 79.4. The van der Waals surface area contributed by atoms with Crippen molar-refractivity contribution >= 4 is 55.2 Å². The van der Waals surface area contributed by atoms with Gasteiger partial charge in [0.1, 0.15) is 35.8 Å². The molecule has 12 aromatic rings. The highest BCUT2D eigenvalue weighted by Gasteiger charge is 2.51. The van der Waals surface area contributed by atoms with Crippen molar-refractivity contribution < 1.29 is 29.2 Å². The Hall–Kier alpha value is -8.53. The fraction of sp³-hybridized carbons (Fsp3) is 0.453. The van der Waals surface area contributed by atoms with Crippen molar-refractivity contribution in [3.05, 3.63) is 259 Å². The summed E-state index contributed by atoms with van der Waals surface area (Å²) in [5, 5.41) is 51.2. The van der Waals surface area contributed by atoms with E-state index in [1.807, 2.05) is 76.2 Å². The van der Waals surface area contributed by atoms with E-state index in [0.29, 0.717) is 38.3 Å². The molecule has 0 bridgehead atoms. The summed E-state index contributed by atoms with van der Waals surface area (Å²) in [4.78, 5) is 26.7. The second-order valence-corrected chi connectivity index (χ2v) is 35.7. The highest BCUT2D eigenvalue weighted by molar-refractivity contribution is 6.32. The first-order chi connectivity index (χ1) is 54.8. The zero-order valence-corrected chi connectivity index (χ0v) is 68.6. The van der Waals surface area contributed by atoms with Gasteiger partial charge in [-0.05, 0) is 240 Å². The van der Waals surface area contributed by atoms with Gasteiger partial charge in [0.05, 0.1) is 48.3 Å². The number of hydrogen-bond donors (Lipinski definition) is 4. The summed E-state index contributed by atoms with van der Waals surface area (Å²) in [6, 6.07) is 38.2. The summed E-state index contributed by atoms with van der Waals surface area (Å²) < 4.78 is 38.6. The lowest BCUT2D eigenvalue weighted by Gasteiger charge is -2.41. The van der Waals surface area contributed by atoms with Gasteiger partial charge in [0.2, 0.25) is 0 Å². The molecule has 4 N–H and O–H groups in total. The van der Waals surface area contributed by atoms with Gasteiger partial charge in [0.15, 0.2) is 0 Å². The lowest BCUT2D eigenvalue weighted by atomic mass is 9.82. The van der Waals surface area contributed by atoms with Crippen LogP contribution in [0.25, 0.3) is 43.6 Å². The van der Waals surface area contributed by atoms with Crippen molar-refractivity contribution in [3.8, 4) is 0 Å². The van der Waals surface area contributed by atoms with Crippen LogP contribution in [0.2, 0.25) is 5.02 Å². The van der Waals surface area contributed by atoms with Gasteiger partial charge in [-0.15, -0.1) is 0 Å². The average molecular weight is 1560 g/mol. The van der Waals surface area contributed by atoms with Crippen LogP contribution in [0, 0.1) is 34.6 Å². The van der Waals surface area contributed by atoms with Crippen LogP contribution in [0.1, 0.15) is 186 Å². The van der Waals surface area contributed by atoms with Gasteiger partial charge in [-0.25, -0.2) is 8.78 Å². The first kappa shape index (κ1) is 78.0. The normalized spacial score (nSPS) is 22.6. The Morgan fingerprint density at radius 3 is 1.34 bits per heavy atom. The van der Waals surface area contributed by atoms with Crippen molar-refractivity contribution in [2.24, 2.45) is 0 Å². The van der Waals surface area contributed by atoms with E-state index in [1.165, 1.54) is 111 Å². The summed E-state index contributed by atoms with van der Waals surface area (Å²) in [7, 11) is 0. The molecule has 0 amide bonds. The van der Waals surface area contributed by atoms with Crippen LogP contribution in [0.5, 0.6) is 0 Å². The van der Waals surface area contributed by atoms with Crippen LogP contribution < -0.4 is 0 Å². The first-order valence-electron chi connectivity index (χ1n) is 41.6. The fourth-order valence-corrected chi connectivity index (χ4v) is 22.0. The van der Waals surface area contributed by atoms with E-state index in [1.54, 1.807) is 49.6 Å². The molecule has 4 aromatic carbocycles. The van der Waals surface area contributed by atoms with Gasteiger partial charge >= 0.3 is 0 Å². The first-order valence-corrected chi connectivity index (χ1v) is 42.0. The van der Waals surface area contributed by atoms with E-state index in [0.717, 1.165) is 162 Å². The van der Waals surface area contributed by atoms with Crippen LogP contribution in [0.15, 0.2) is 159 Å². The number of fused-ring (bicyclic) bond motifs is 20. The van der Waals surface area contributed by atoms with Crippen molar-refractivity contribution in [1.82, 2.24) is 57.8 Å². The van der Waals surface area contributed by atoms with Crippen LogP contribution in [0.3, 0.4) is 0 Å². The highest BCUT2D eigenvalue weighted by Crippen LogP contribution is 2.53. The Morgan fingerprint density at radius 2 is 0.842 bits per heavy atom. The zero-order valence-electron chi connectivity index (χ0n) is 67.8. The van der Waals surface area contributed by atoms with Crippen molar-refractivity contribution in [2.45, 2.75) is 211 Å². The Bertz CT molecular complexity index is 5560. The van der Waals surface area contributed by atoms with Crippen molar-refractivity contribution in [3.63, 3.8) is 0 Å². The molecular weight excluding hydrogens is 1450 g/mol. The number of rotatable bonds is 14. The molecule has 0 saturated carbocycles. The number of alkyl halides is 2. The molecule has 0 radical (unpaired) electrons. The molecule has 8 atom stereocenters. The third kappa shape index (κ3) is 13.7. The molecule has 0 spiro atoms. The van der Waals surface area contributed by atoms with Gasteiger partial charge in [-0.2, -0.15) is 0 Å². The Morgan fingerprint density at radius 1 is 0.412 bits per heavy atom. The second kappa shape index (κ2) is 30.5. The van der Waals surface area contributed by atoms with E-state index in [9.17, 15) is 29.2 Å².